The molecule has 1 amide bonds. The molecule has 0 saturated carbocycles. The lowest BCUT2D eigenvalue weighted by atomic mass is 10.0. The standard InChI is InChI=1S/C24H30ClFN4O2/c1-17-16-30(13-14-32-17)21(22-19(25)8-5-9-20(22)26)15-28-24(31)18-7-6-10-27-23(18)29-11-3-2-4-12-29/h5-10,17,21H,2-4,11-16H2,1H3,(H,28,31). The fraction of sp³-hybridized carbons (Fsp3) is 0.500. The summed E-state index contributed by atoms with van der Waals surface area (Å²) in [5, 5.41) is 3.39. The summed E-state index contributed by atoms with van der Waals surface area (Å²) in [5.74, 6) is 0.133. The lowest BCUT2D eigenvalue weighted by Gasteiger charge is -2.38. The van der Waals surface area contributed by atoms with Crippen LogP contribution in [0.25, 0.3) is 0 Å². The molecule has 32 heavy (non-hydrogen) atoms. The second-order valence-corrected chi connectivity index (χ2v) is 8.87. The molecule has 3 heterocycles. The molecule has 2 aromatic rings. The Kier molecular flexibility index (Phi) is 7.60. The average molecular weight is 461 g/mol. The van der Waals surface area contributed by atoms with Crippen LogP contribution in [0, 0.1) is 5.82 Å². The second kappa shape index (κ2) is 10.6. The minimum absolute atomic E-state index is 0.0246. The highest BCUT2D eigenvalue weighted by Crippen LogP contribution is 2.31. The van der Waals surface area contributed by atoms with Crippen LogP contribution >= 0.6 is 11.6 Å². The predicted molar refractivity (Wildman–Crippen MR) is 124 cm³/mol. The van der Waals surface area contributed by atoms with Crippen molar-refractivity contribution in [1.82, 2.24) is 15.2 Å². The number of morpholine rings is 1. The van der Waals surface area contributed by atoms with Gasteiger partial charge in [0.1, 0.15) is 11.6 Å². The smallest absolute Gasteiger partial charge is 0.255 e. The number of nitrogens with one attached hydrogen (secondary N) is 1. The van der Waals surface area contributed by atoms with Gasteiger partial charge in [-0.3, -0.25) is 9.69 Å². The van der Waals surface area contributed by atoms with E-state index in [-0.39, 0.29) is 24.4 Å². The Morgan fingerprint density at radius 2 is 2.06 bits per heavy atom. The molecule has 4 rings (SSSR count). The Morgan fingerprint density at radius 3 is 2.81 bits per heavy atom. The number of carbonyl (C=O) groups is 1. The van der Waals surface area contributed by atoms with Crippen molar-refractivity contribution in [3.8, 4) is 0 Å². The van der Waals surface area contributed by atoms with Gasteiger partial charge in [0.05, 0.1) is 24.3 Å². The Morgan fingerprint density at radius 1 is 1.25 bits per heavy atom. The number of aromatic nitrogens is 1. The zero-order valence-electron chi connectivity index (χ0n) is 18.4. The molecule has 1 N–H and O–H groups in total. The first-order valence-corrected chi connectivity index (χ1v) is 11.7. The lowest BCUT2D eigenvalue weighted by Crippen LogP contribution is -2.47. The highest BCUT2D eigenvalue weighted by Gasteiger charge is 2.30. The van der Waals surface area contributed by atoms with Crippen LogP contribution in [0.3, 0.4) is 0 Å². The number of nitrogens with zero attached hydrogens (tertiary/aromatic N) is 3. The van der Waals surface area contributed by atoms with Gasteiger partial charge >= 0.3 is 0 Å². The summed E-state index contributed by atoms with van der Waals surface area (Å²) in [4.78, 5) is 22.0. The van der Waals surface area contributed by atoms with Crippen LogP contribution in [0.2, 0.25) is 5.02 Å². The van der Waals surface area contributed by atoms with E-state index in [1.54, 1.807) is 30.5 Å². The zero-order chi connectivity index (χ0) is 22.5. The van der Waals surface area contributed by atoms with Gasteiger partial charge in [-0.1, -0.05) is 17.7 Å². The summed E-state index contributed by atoms with van der Waals surface area (Å²) < 4.78 is 20.5. The Bertz CT molecular complexity index is 918. The van der Waals surface area contributed by atoms with Crippen molar-refractivity contribution in [2.24, 2.45) is 0 Å². The van der Waals surface area contributed by atoms with Crippen LogP contribution in [0.15, 0.2) is 36.5 Å². The van der Waals surface area contributed by atoms with E-state index in [0.29, 0.717) is 41.7 Å². The van der Waals surface area contributed by atoms with E-state index in [0.717, 1.165) is 25.9 Å². The summed E-state index contributed by atoms with van der Waals surface area (Å²) in [6.07, 6.45) is 5.14. The maximum atomic E-state index is 14.8. The molecule has 2 aliphatic rings. The molecule has 0 radical (unpaired) electrons. The number of halogens is 2. The zero-order valence-corrected chi connectivity index (χ0v) is 19.2. The first kappa shape index (κ1) is 23.0. The third-order valence-corrected chi connectivity index (χ3v) is 6.52. The summed E-state index contributed by atoms with van der Waals surface area (Å²) in [6.45, 7) is 5.86. The fourth-order valence-corrected chi connectivity index (χ4v) is 4.88. The minimum atomic E-state index is -0.394. The number of anilines is 1. The van der Waals surface area contributed by atoms with Gasteiger partial charge in [0.2, 0.25) is 0 Å². The minimum Gasteiger partial charge on any atom is -0.376 e. The van der Waals surface area contributed by atoms with Crippen LogP contribution in [0.1, 0.15) is 48.1 Å². The molecule has 0 aliphatic carbocycles. The van der Waals surface area contributed by atoms with Gasteiger partial charge in [-0.15, -0.1) is 0 Å². The van der Waals surface area contributed by atoms with Crippen LogP contribution in [-0.2, 0) is 4.74 Å². The molecular weight excluding hydrogens is 431 g/mol. The van der Waals surface area contributed by atoms with Crippen molar-refractivity contribution in [2.45, 2.75) is 38.3 Å². The predicted octanol–water partition coefficient (Wildman–Crippen LogP) is 4.06. The van der Waals surface area contributed by atoms with Crippen LogP contribution in [0.5, 0.6) is 0 Å². The quantitative estimate of drug-likeness (QED) is 0.704. The Balaban J connectivity index is 1.55. The molecule has 172 valence electrons. The first-order chi connectivity index (χ1) is 15.5. The summed E-state index contributed by atoms with van der Waals surface area (Å²) in [6, 6.07) is 7.88. The van der Waals surface area contributed by atoms with Gasteiger partial charge in [0.15, 0.2) is 0 Å². The van der Waals surface area contributed by atoms with Crippen LogP contribution in [-0.4, -0.2) is 61.2 Å². The van der Waals surface area contributed by atoms with Crippen molar-refractivity contribution >= 4 is 23.3 Å². The normalized spacial score (nSPS) is 20.7. The van der Waals surface area contributed by atoms with Crippen molar-refractivity contribution in [2.75, 3.05) is 44.2 Å². The summed E-state index contributed by atoms with van der Waals surface area (Å²) >= 11 is 6.41. The molecule has 1 aromatic heterocycles. The first-order valence-electron chi connectivity index (χ1n) is 11.3. The molecule has 6 nitrogen and oxygen atoms in total. The topological polar surface area (TPSA) is 57.7 Å². The second-order valence-electron chi connectivity index (χ2n) is 8.46. The van der Waals surface area contributed by atoms with E-state index < -0.39 is 6.04 Å². The largest absolute Gasteiger partial charge is 0.376 e. The van der Waals surface area contributed by atoms with Crippen molar-refractivity contribution in [3.63, 3.8) is 0 Å². The molecule has 0 spiro atoms. The fourth-order valence-electron chi connectivity index (χ4n) is 4.59. The van der Waals surface area contributed by atoms with Crippen molar-refractivity contribution < 1.29 is 13.9 Å². The van der Waals surface area contributed by atoms with Crippen LogP contribution < -0.4 is 10.2 Å². The third-order valence-electron chi connectivity index (χ3n) is 6.19. The SMILES string of the molecule is CC1CN(C(CNC(=O)c2cccnc2N2CCCCC2)c2c(F)cccc2Cl)CCO1. The van der Waals surface area contributed by atoms with E-state index in [4.69, 9.17) is 16.3 Å². The summed E-state index contributed by atoms with van der Waals surface area (Å²) in [7, 11) is 0. The number of hydrogen-bond acceptors (Lipinski definition) is 5. The van der Waals surface area contributed by atoms with E-state index in [2.05, 4.69) is 20.1 Å². The van der Waals surface area contributed by atoms with E-state index in [1.165, 1.54) is 12.5 Å². The number of rotatable bonds is 6. The molecule has 2 aliphatic heterocycles. The maximum Gasteiger partial charge on any atom is 0.255 e. The van der Waals surface area contributed by atoms with E-state index in [9.17, 15) is 9.18 Å². The maximum absolute atomic E-state index is 14.8. The number of pyridine rings is 1. The third kappa shape index (κ3) is 5.22. The molecular formula is C24H30ClFN4O2. The highest BCUT2D eigenvalue weighted by molar-refractivity contribution is 6.31. The van der Waals surface area contributed by atoms with Gasteiger partial charge in [-0.05, 0) is 50.5 Å². The van der Waals surface area contributed by atoms with Gasteiger partial charge in [0.25, 0.3) is 5.91 Å². The molecule has 2 unspecified atom stereocenters. The molecule has 2 saturated heterocycles. The molecule has 0 bridgehead atoms. The Labute approximate surface area is 193 Å². The van der Waals surface area contributed by atoms with Gasteiger partial charge in [-0.25, -0.2) is 9.37 Å². The molecule has 8 heteroatoms. The van der Waals surface area contributed by atoms with Crippen LogP contribution in [0.4, 0.5) is 10.2 Å². The van der Waals surface area contributed by atoms with E-state index in [1.807, 2.05) is 6.92 Å². The molecule has 2 fully saturated rings. The van der Waals surface area contributed by atoms with Gasteiger partial charge < -0.3 is 15.0 Å². The monoisotopic (exact) mass is 460 g/mol. The summed E-state index contributed by atoms with van der Waals surface area (Å²) in [5.41, 5.74) is 0.953. The number of carbonyl (C=O) groups excluding carboxylic acids is 1. The van der Waals surface area contributed by atoms with E-state index >= 15 is 0 Å². The lowest BCUT2D eigenvalue weighted by molar-refractivity contribution is -0.0346. The Hall–Kier alpha value is -2.22. The number of benzene rings is 1. The van der Waals surface area contributed by atoms with Crippen molar-refractivity contribution in [3.05, 3.63) is 58.5 Å². The number of amides is 1. The molecule has 2 atom stereocenters. The molecule has 1 aromatic carbocycles. The number of hydrogen-bond donors (Lipinski definition) is 1. The highest BCUT2D eigenvalue weighted by atomic mass is 35.5. The number of piperidine rings is 1. The van der Waals surface area contributed by atoms with Gasteiger partial charge in [-0.2, -0.15) is 0 Å². The average Bonchev–Trinajstić information content (AvgIpc) is 2.81. The number of ether oxygens (including phenoxy) is 1. The van der Waals surface area contributed by atoms with Gasteiger partial charge in [0, 0.05) is 49.5 Å². The van der Waals surface area contributed by atoms with Crippen molar-refractivity contribution in [1.29, 1.82) is 0 Å².